The van der Waals surface area contributed by atoms with Crippen LogP contribution >= 0.6 is 15.9 Å². The van der Waals surface area contributed by atoms with E-state index >= 15 is 0 Å². The summed E-state index contributed by atoms with van der Waals surface area (Å²) in [6.45, 7) is 1.35. The molecule has 0 aliphatic heterocycles. The van der Waals surface area contributed by atoms with Gasteiger partial charge < -0.3 is 31.3 Å². The van der Waals surface area contributed by atoms with Crippen molar-refractivity contribution in [3.05, 3.63) is 441 Å². The Balaban J connectivity index is 0.000000128. The Bertz CT molecular complexity index is 8340. The molecule has 10 heterocycles. The molecule has 143 heavy (non-hydrogen) atoms. The second-order valence-corrected chi connectivity index (χ2v) is 34.2. The van der Waals surface area contributed by atoms with Crippen molar-refractivity contribution in [1.29, 1.82) is 10.5 Å². The van der Waals surface area contributed by atoms with Gasteiger partial charge in [-0.05, 0) is 268 Å². The molecule has 0 aliphatic carbocycles. The number of nitrogens with zero attached hydrogens (tertiary/aromatic N) is 17. The number of hydrogen-bond donors (Lipinski definition) is 5. The lowest BCUT2D eigenvalue weighted by atomic mass is 10.1. The maximum atomic E-state index is 13.2. The van der Waals surface area contributed by atoms with Gasteiger partial charge in [0.1, 0.15) is 62.9 Å². The van der Waals surface area contributed by atoms with E-state index < -0.39 is 15.8 Å². The SMILES string of the molecule is COC(=O)c1cc(CNC(=O)c2cccc3c2cnn3-c2ccc(F)cc2)ccn1.CS(=O)(=O)c1ccc(CNC(=O)c2cccc3c2cnn3-c2ccc(F)cc2)cn1.N#Cc1cc(CNC(=O)c2cccc3c2cnn3-c2ccc(F)cc2)ccn1.N#Cc1ccc(CNC(=O)c2cccc3c2cnn3-c2ccc(F)cc2)cn1.O=C(NCc1ccc(Br)nc1)c1cccc2c1cnn2-c1ccc(F)cc1. The zero-order valence-electron chi connectivity index (χ0n) is 75.2. The predicted octanol–water partition coefficient (Wildman–Crippen LogP) is 17.1. The average molecular weight is 2000 g/mol. The molecular weight excluding hydrogens is 1920 g/mol. The van der Waals surface area contributed by atoms with Crippen molar-refractivity contribution in [3.8, 4) is 40.6 Å². The summed E-state index contributed by atoms with van der Waals surface area (Å²) in [5, 5.41) is 57.1. The van der Waals surface area contributed by atoms with E-state index in [4.69, 9.17) is 10.5 Å². The number of esters is 1. The molecule has 0 spiro atoms. The highest BCUT2D eigenvalue weighted by atomic mass is 79.9. The van der Waals surface area contributed by atoms with Crippen molar-refractivity contribution in [2.24, 2.45) is 0 Å². The van der Waals surface area contributed by atoms with Crippen LogP contribution in [-0.2, 0) is 47.3 Å². The van der Waals surface area contributed by atoms with Gasteiger partial charge >= 0.3 is 5.97 Å². The molecule has 708 valence electrons. The van der Waals surface area contributed by atoms with Crippen molar-refractivity contribution in [3.63, 3.8) is 0 Å². The molecule has 0 radical (unpaired) electrons. The van der Waals surface area contributed by atoms with Crippen LogP contribution in [0.3, 0.4) is 0 Å². The molecule has 5 N–H and O–H groups in total. The topological polar surface area (TPSA) is 407 Å². The summed E-state index contributed by atoms with van der Waals surface area (Å²) < 4.78 is 103. The minimum absolute atomic E-state index is 0.0180. The minimum atomic E-state index is -3.37. The molecule has 10 aromatic heterocycles. The smallest absolute Gasteiger partial charge is 0.356 e. The third kappa shape index (κ3) is 23.5. The van der Waals surface area contributed by atoms with E-state index in [2.05, 4.69) is 97.7 Å². The number of carbonyl (C=O) groups excluding carboxylic acids is 6. The molecule has 31 nitrogen and oxygen atoms in total. The fraction of sp³-hybridized carbons (Fsp3) is 0.0667. The Morgan fingerprint density at radius 1 is 0.329 bits per heavy atom. The maximum Gasteiger partial charge on any atom is 0.356 e. The Morgan fingerprint density at radius 2 is 0.615 bits per heavy atom. The number of aromatic nitrogens is 15. The van der Waals surface area contributed by atoms with Crippen LogP contribution in [0, 0.1) is 51.7 Å². The minimum Gasteiger partial charge on any atom is -0.464 e. The third-order valence-electron chi connectivity index (χ3n) is 22.0. The maximum absolute atomic E-state index is 13.2. The molecule has 0 aliphatic rings. The number of halogens is 6. The second-order valence-electron chi connectivity index (χ2n) is 31.4. The monoisotopic (exact) mass is 1990 g/mol. The summed E-state index contributed by atoms with van der Waals surface area (Å²) in [6, 6.07) is 77.3. The van der Waals surface area contributed by atoms with Crippen molar-refractivity contribution in [1.82, 2.24) is 100 Å². The number of amides is 5. The van der Waals surface area contributed by atoms with E-state index in [9.17, 15) is 59.1 Å². The lowest BCUT2D eigenvalue weighted by Crippen LogP contribution is -2.23. The van der Waals surface area contributed by atoms with Crippen LogP contribution in [0.1, 0.15) is 101 Å². The molecule has 0 unspecified atom stereocenters. The highest BCUT2D eigenvalue weighted by Gasteiger charge is 2.23. The Morgan fingerprint density at radius 3 is 0.888 bits per heavy atom. The number of pyridine rings is 5. The number of nitrogens with one attached hydrogen (secondary N) is 5. The van der Waals surface area contributed by atoms with Gasteiger partial charge in [-0.15, -0.1) is 0 Å². The van der Waals surface area contributed by atoms with E-state index in [0.29, 0.717) is 113 Å². The number of nitriles is 2. The third-order valence-corrected chi connectivity index (χ3v) is 23.4. The number of carbonyl (C=O) groups is 6. The molecule has 0 saturated carbocycles. The summed E-state index contributed by atoms with van der Waals surface area (Å²) in [4.78, 5) is 95.1. The number of fused-ring (bicyclic) bond motifs is 5. The van der Waals surface area contributed by atoms with E-state index in [1.807, 2.05) is 54.6 Å². The van der Waals surface area contributed by atoms with E-state index in [-0.39, 0.29) is 89.0 Å². The quantitative estimate of drug-likeness (QED) is 0.0239. The van der Waals surface area contributed by atoms with Crippen LogP contribution in [0.4, 0.5) is 22.0 Å². The van der Waals surface area contributed by atoms with E-state index in [1.165, 1.54) is 92.4 Å². The van der Waals surface area contributed by atoms with Gasteiger partial charge in [0.25, 0.3) is 29.5 Å². The fourth-order valence-corrected chi connectivity index (χ4v) is 15.7. The van der Waals surface area contributed by atoms with Gasteiger partial charge in [-0.2, -0.15) is 36.0 Å². The number of sulfone groups is 1. The van der Waals surface area contributed by atoms with Crippen LogP contribution in [0.2, 0.25) is 0 Å². The lowest BCUT2D eigenvalue weighted by Gasteiger charge is -2.08. The molecule has 20 rings (SSSR count). The Hall–Kier alpha value is -18.8. The van der Waals surface area contributed by atoms with Crippen LogP contribution in [0.15, 0.2) is 345 Å². The van der Waals surface area contributed by atoms with Gasteiger partial charge in [-0.1, -0.05) is 48.5 Å². The van der Waals surface area contributed by atoms with Crippen LogP contribution < -0.4 is 26.6 Å². The number of methoxy groups -OCH3 is 1. The van der Waals surface area contributed by atoms with Crippen LogP contribution in [0.25, 0.3) is 83.0 Å². The fourth-order valence-electron chi connectivity index (χ4n) is 14.9. The van der Waals surface area contributed by atoms with Crippen LogP contribution in [0.5, 0.6) is 0 Å². The van der Waals surface area contributed by atoms with Gasteiger partial charge in [0.15, 0.2) is 14.9 Å². The first-order valence-electron chi connectivity index (χ1n) is 43.4. The molecule has 0 atom stereocenters. The van der Waals surface area contributed by atoms with Gasteiger partial charge in [0, 0.05) is 96.9 Å². The summed E-state index contributed by atoms with van der Waals surface area (Å²) in [5.41, 5.74) is 14.3. The predicted molar refractivity (Wildman–Crippen MR) is 524 cm³/mol. The number of hydrogen-bond acceptors (Lipinski definition) is 21. The molecule has 5 amide bonds. The van der Waals surface area contributed by atoms with Gasteiger partial charge in [0.2, 0.25) is 0 Å². The van der Waals surface area contributed by atoms with Crippen molar-refractivity contribution < 1.29 is 63.9 Å². The Labute approximate surface area is 818 Å². The normalized spacial score (nSPS) is 10.9. The van der Waals surface area contributed by atoms with Crippen molar-refractivity contribution in [2.75, 3.05) is 13.4 Å². The molecule has 20 aromatic rings. The number of ether oxygens (including phenoxy) is 1. The first-order valence-corrected chi connectivity index (χ1v) is 46.0. The van der Waals surface area contributed by atoms with Crippen LogP contribution in [-0.4, -0.2) is 131 Å². The summed E-state index contributed by atoms with van der Waals surface area (Å²) in [6.07, 6.45) is 16.9. The summed E-state index contributed by atoms with van der Waals surface area (Å²) in [7, 11) is -2.09. The molecule has 0 bridgehead atoms. The van der Waals surface area contributed by atoms with Gasteiger partial charge in [-0.25, -0.2) is 83.5 Å². The first kappa shape index (κ1) is 97.3. The van der Waals surface area contributed by atoms with Crippen molar-refractivity contribution >= 4 is 116 Å². The highest BCUT2D eigenvalue weighted by molar-refractivity contribution is 9.10. The van der Waals surface area contributed by atoms with Crippen molar-refractivity contribution in [2.45, 2.75) is 37.7 Å². The zero-order valence-corrected chi connectivity index (χ0v) is 77.6. The first-order chi connectivity index (χ1) is 69.3. The van der Waals surface area contributed by atoms with E-state index in [0.717, 1.165) is 60.7 Å². The molecule has 0 fully saturated rings. The second kappa shape index (κ2) is 44.5. The number of benzene rings is 10. The van der Waals surface area contributed by atoms with Gasteiger partial charge in [-0.3, -0.25) is 24.0 Å². The standard InChI is InChI=1S/C22H17FN4O3.2C21H14FN5O.C21H17FN4O3S.C20H14BrFN4O/c1-30-22(29)19-11-14(9-10-24-19)12-25-21(28)17-3-2-4-20-18(17)13-26-27(20)16-7-5-15(23)6-8-16;22-15-5-8-17(9-6-15)27-20-3-1-2-18(19(20)13-26-27)21(28)25-12-14-4-7-16(10-23)24-11-14;22-15-4-6-17(7-5-15)27-20-3-1-2-18(19(20)13-26-27)21(28)25-12-14-8-9-24-16(10-14)11-23;1-30(28,29)20-10-5-14(11-23-20)12-24-21(27)17-3-2-4-19-18(17)13-25-26(19)16-8-6-15(22)7-9-16;21-19-9-4-13(10-23-19)11-24-20(27)16-2-1-3-18-17(16)12-25-26(18)15-7-5-14(22)6-8-15/h2-11,13H,12H2,1H3,(H,25,28);1-9,11,13H,12H2,(H,25,28);1-10,13H,12H2,(H,25,28);2-11,13H,12H2,1H3,(H,24,27);1-10,12H,11H2,(H,24,27). The molecule has 0 saturated heterocycles. The molecule has 10 aromatic carbocycles. The summed E-state index contributed by atoms with van der Waals surface area (Å²) in [5.74, 6) is -3.43. The molecular formula is C105H76BrF5N22O9S. The number of rotatable bonds is 22. The Kier molecular flexibility index (Phi) is 30.3. The summed E-state index contributed by atoms with van der Waals surface area (Å²) >= 11 is 3.29. The highest BCUT2D eigenvalue weighted by Crippen LogP contribution is 2.30. The largest absolute Gasteiger partial charge is 0.464 e. The lowest BCUT2D eigenvalue weighted by molar-refractivity contribution is 0.0593. The molecule has 38 heteroatoms. The van der Waals surface area contributed by atoms with E-state index in [1.54, 1.807) is 231 Å². The van der Waals surface area contributed by atoms with Gasteiger partial charge in [0.05, 0.1) is 122 Å². The zero-order chi connectivity index (χ0) is 100. The average Bonchev–Trinajstić information content (AvgIpc) is 1.66.